The molecule has 0 unspecified atom stereocenters. The molecule has 0 atom stereocenters. The molecule has 10 heteroatoms. The number of alkyl halides is 3. The van der Waals surface area contributed by atoms with Crippen LogP contribution in [-0.2, 0) is 17.5 Å². The highest BCUT2D eigenvalue weighted by Gasteiger charge is 2.31. The summed E-state index contributed by atoms with van der Waals surface area (Å²) in [7, 11) is 0. The van der Waals surface area contributed by atoms with Gasteiger partial charge in [0, 0.05) is 18.3 Å². The lowest BCUT2D eigenvalue weighted by Gasteiger charge is -2.11. The van der Waals surface area contributed by atoms with Gasteiger partial charge in [0.25, 0.3) is 11.2 Å². The van der Waals surface area contributed by atoms with E-state index >= 15 is 0 Å². The third kappa shape index (κ3) is 3.97. The lowest BCUT2D eigenvalue weighted by Crippen LogP contribution is -2.28. The van der Waals surface area contributed by atoms with Gasteiger partial charge in [0.15, 0.2) is 0 Å². The van der Waals surface area contributed by atoms with Gasteiger partial charge in [0.2, 0.25) is 5.91 Å². The van der Waals surface area contributed by atoms with E-state index in [1.807, 2.05) is 0 Å². The van der Waals surface area contributed by atoms with Gasteiger partial charge in [-0.25, -0.2) is 0 Å². The molecule has 0 radical (unpaired) electrons. The zero-order chi connectivity index (χ0) is 17.9. The zero-order valence-electron chi connectivity index (χ0n) is 11.9. The molecule has 1 aromatic heterocycles. The third-order valence-electron chi connectivity index (χ3n) is 3.00. The van der Waals surface area contributed by atoms with Crippen molar-refractivity contribution in [2.45, 2.75) is 12.7 Å². The molecule has 0 bridgehead atoms. The van der Waals surface area contributed by atoms with Gasteiger partial charge in [0.05, 0.1) is 10.5 Å². The molecule has 2 rings (SSSR count). The van der Waals surface area contributed by atoms with Crippen LogP contribution in [-0.4, -0.2) is 15.4 Å². The number of anilines is 1. The lowest BCUT2D eigenvalue weighted by molar-refractivity contribution is -0.383. The maximum atomic E-state index is 12.6. The van der Waals surface area contributed by atoms with Crippen LogP contribution in [0.15, 0.2) is 47.4 Å². The second kappa shape index (κ2) is 6.52. The number of rotatable bonds is 4. The van der Waals surface area contributed by atoms with Gasteiger partial charge < -0.3 is 9.88 Å². The second-order valence-electron chi connectivity index (χ2n) is 4.70. The van der Waals surface area contributed by atoms with Gasteiger partial charge in [-0.15, -0.1) is 0 Å². The van der Waals surface area contributed by atoms with Crippen LogP contribution in [0.2, 0.25) is 0 Å². The van der Waals surface area contributed by atoms with Crippen molar-refractivity contribution in [3.63, 3.8) is 0 Å². The number of nitro benzene ring substituents is 1. The number of nitro groups is 1. The second-order valence-corrected chi connectivity index (χ2v) is 4.70. The summed E-state index contributed by atoms with van der Waals surface area (Å²) in [6, 6.07) is 6.57. The molecule has 0 aliphatic carbocycles. The molecule has 0 aliphatic heterocycles. The standard InChI is InChI=1S/C14H10F3N3O4/c15-14(16,17)9-5-6-13(22)19(7-9)8-12(21)18-10-3-1-2-4-11(10)20(23)24/h1-7H,8H2,(H,18,21). The first-order chi connectivity index (χ1) is 11.2. The van der Waals surface area contributed by atoms with Crippen molar-refractivity contribution < 1.29 is 22.9 Å². The number of carbonyl (C=O) groups excluding carboxylic acids is 1. The fourth-order valence-electron chi connectivity index (χ4n) is 1.91. The van der Waals surface area contributed by atoms with Crippen molar-refractivity contribution in [2.24, 2.45) is 0 Å². The van der Waals surface area contributed by atoms with E-state index in [1.54, 1.807) is 0 Å². The monoisotopic (exact) mass is 341 g/mol. The van der Waals surface area contributed by atoms with Crippen molar-refractivity contribution >= 4 is 17.3 Å². The van der Waals surface area contributed by atoms with Crippen LogP contribution in [0.5, 0.6) is 0 Å². The van der Waals surface area contributed by atoms with E-state index in [-0.39, 0.29) is 11.4 Å². The minimum Gasteiger partial charge on any atom is -0.319 e. The van der Waals surface area contributed by atoms with Gasteiger partial charge in [-0.1, -0.05) is 12.1 Å². The molecular weight excluding hydrogens is 331 g/mol. The van der Waals surface area contributed by atoms with Crippen LogP contribution in [0.4, 0.5) is 24.5 Å². The van der Waals surface area contributed by atoms with Crippen molar-refractivity contribution in [1.82, 2.24) is 4.57 Å². The number of para-hydroxylation sites is 2. The highest BCUT2D eigenvalue weighted by molar-refractivity contribution is 5.92. The molecular formula is C14H10F3N3O4. The van der Waals surface area contributed by atoms with Crippen LogP contribution in [0.25, 0.3) is 0 Å². The SMILES string of the molecule is O=C(Cn1cc(C(F)(F)F)ccc1=O)Nc1ccccc1[N+](=O)[O-]. The first-order valence-electron chi connectivity index (χ1n) is 6.49. The molecule has 1 amide bonds. The number of carbonyl (C=O) groups is 1. The molecule has 2 aromatic rings. The maximum absolute atomic E-state index is 12.6. The third-order valence-corrected chi connectivity index (χ3v) is 3.00. The average molecular weight is 341 g/mol. The maximum Gasteiger partial charge on any atom is 0.417 e. The van der Waals surface area contributed by atoms with Crippen LogP contribution >= 0.6 is 0 Å². The van der Waals surface area contributed by atoms with Crippen molar-refractivity contribution in [2.75, 3.05) is 5.32 Å². The Bertz CT molecular complexity index is 846. The number of nitrogens with zero attached hydrogens (tertiary/aromatic N) is 2. The predicted octanol–water partition coefficient (Wildman–Crippen LogP) is 2.41. The summed E-state index contributed by atoms with van der Waals surface area (Å²) in [6.07, 6.45) is -4.15. The molecule has 0 aliphatic rings. The molecule has 0 spiro atoms. The van der Waals surface area contributed by atoms with Crippen LogP contribution in [0, 0.1) is 10.1 Å². The molecule has 1 heterocycles. The molecule has 24 heavy (non-hydrogen) atoms. The summed E-state index contributed by atoms with van der Waals surface area (Å²) in [4.78, 5) is 33.6. The largest absolute Gasteiger partial charge is 0.417 e. The van der Waals surface area contributed by atoms with Crippen LogP contribution in [0.1, 0.15) is 5.56 Å². The predicted molar refractivity (Wildman–Crippen MR) is 77.4 cm³/mol. The highest BCUT2D eigenvalue weighted by Crippen LogP contribution is 2.28. The average Bonchev–Trinajstić information content (AvgIpc) is 2.48. The number of hydrogen-bond acceptors (Lipinski definition) is 4. The Hall–Kier alpha value is -3.17. The summed E-state index contributed by atoms with van der Waals surface area (Å²) in [5.41, 5.74) is -2.38. The molecule has 0 saturated carbocycles. The van der Waals surface area contributed by atoms with Gasteiger partial charge in [-0.3, -0.25) is 19.7 Å². The minimum absolute atomic E-state index is 0.118. The van der Waals surface area contributed by atoms with Gasteiger partial charge in [-0.2, -0.15) is 13.2 Å². The van der Waals surface area contributed by atoms with Crippen molar-refractivity contribution in [3.05, 3.63) is 68.6 Å². The van der Waals surface area contributed by atoms with Crippen LogP contribution in [0.3, 0.4) is 0 Å². The summed E-state index contributed by atoms with van der Waals surface area (Å²) >= 11 is 0. The highest BCUT2D eigenvalue weighted by atomic mass is 19.4. The molecule has 0 fully saturated rings. The van der Waals surface area contributed by atoms with E-state index in [2.05, 4.69) is 5.32 Å². The lowest BCUT2D eigenvalue weighted by atomic mass is 10.2. The Morgan fingerprint density at radius 2 is 1.88 bits per heavy atom. The zero-order valence-corrected chi connectivity index (χ0v) is 11.9. The normalized spacial score (nSPS) is 11.1. The Morgan fingerprint density at radius 3 is 2.50 bits per heavy atom. The molecule has 1 N–H and O–H groups in total. The van der Waals surface area contributed by atoms with Gasteiger partial charge in [-0.05, 0) is 12.1 Å². The van der Waals surface area contributed by atoms with E-state index in [0.29, 0.717) is 22.9 Å². The molecule has 0 saturated heterocycles. The molecule has 126 valence electrons. The number of pyridine rings is 1. The summed E-state index contributed by atoms with van der Waals surface area (Å²) < 4.78 is 38.5. The number of aromatic nitrogens is 1. The van der Waals surface area contributed by atoms with Crippen molar-refractivity contribution in [3.8, 4) is 0 Å². The van der Waals surface area contributed by atoms with Gasteiger partial charge in [0.1, 0.15) is 12.2 Å². The summed E-state index contributed by atoms with van der Waals surface area (Å²) in [5.74, 6) is -0.870. The Labute approximate surface area is 132 Å². The Morgan fingerprint density at radius 1 is 1.21 bits per heavy atom. The Kier molecular flexibility index (Phi) is 4.67. The quantitative estimate of drug-likeness (QED) is 0.682. The minimum atomic E-state index is -4.66. The number of hydrogen-bond donors (Lipinski definition) is 1. The van der Waals surface area contributed by atoms with Gasteiger partial charge >= 0.3 is 6.18 Å². The number of benzene rings is 1. The fourth-order valence-corrected chi connectivity index (χ4v) is 1.91. The first kappa shape index (κ1) is 17.2. The van der Waals surface area contributed by atoms with E-state index in [4.69, 9.17) is 0 Å². The van der Waals surface area contributed by atoms with Crippen LogP contribution < -0.4 is 10.9 Å². The molecule has 7 nitrogen and oxygen atoms in total. The molecule has 1 aromatic carbocycles. The van der Waals surface area contributed by atoms with E-state index in [9.17, 15) is 32.9 Å². The number of halogens is 3. The van der Waals surface area contributed by atoms with E-state index in [0.717, 1.165) is 6.07 Å². The number of amides is 1. The van der Waals surface area contributed by atoms with E-state index < -0.39 is 34.7 Å². The number of nitrogens with one attached hydrogen (secondary N) is 1. The summed E-state index contributed by atoms with van der Waals surface area (Å²) in [6.45, 7) is -0.713. The van der Waals surface area contributed by atoms with Crippen molar-refractivity contribution in [1.29, 1.82) is 0 Å². The topological polar surface area (TPSA) is 94.2 Å². The fraction of sp³-hybridized carbons (Fsp3) is 0.143. The summed E-state index contributed by atoms with van der Waals surface area (Å²) in [5, 5.41) is 13.0. The first-order valence-corrected chi connectivity index (χ1v) is 6.49. The Balaban J connectivity index is 2.22. The van der Waals surface area contributed by atoms with E-state index in [1.165, 1.54) is 18.2 Å². The smallest absolute Gasteiger partial charge is 0.319 e.